The van der Waals surface area contributed by atoms with Crippen LogP contribution in [0.3, 0.4) is 0 Å². The van der Waals surface area contributed by atoms with E-state index in [2.05, 4.69) is 45.0 Å². The zero-order chi connectivity index (χ0) is 13.1. The fourth-order valence-electron chi connectivity index (χ4n) is 2.20. The molecule has 2 aromatic carbocycles. The molecule has 0 atom stereocenters. The summed E-state index contributed by atoms with van der Waals surface area (Å²) in [6.07, 6.45) is 1.00. The monoisotopic (exact) mass is 240 g/mol. The summed E-state index contributed by atoms with van der Waals surface area (Å²) >= 11 is 0. The van der Waals surface area contributed by atoms with Crippen LogP contribution in [0.2, 0.25) is 0 Å². The number of aromatic hydroxyl groups is 1. The highest BCUT2D eigenvalue weighted by molar-refractivity contribution is 5.69. The number of phenolic OH excluding ortho intramolecular Hbond substituents is 1. The van der Waals surface area contributed by atoms with Crippen molar-refractivity contribution in [3.05, 3.63) is 53.6 Å². The van der Waals surface area contributed by atoms with Crippen molar-refractivity contribution in [2.75, 3.05) is 0 Å². The van der Waals surface area contributed by atoms with E-state index in [1.165, 1.54) is 16.7 Å². The Balaban J connectivity index is 2.56. The summed E-state index contributed by atoms with van der Waals surface area (Å²) in [6, 6.07) is 14.1. The molecular weight excluding hydrogens is 220 g/mol. The third-order valence-electron chi connectivity index (χ3n) is 3.34. The minimum atomic E-state index is 0.324. The molecule has 0 aliphatic carbocycles. The molecule has 0 spiro atoms. The molecule has 0 bridgehead atoms. The largest absolute Gasteiger partial charge is 0.508 e. The highest BCUT2D eigenvalue weighted by atomic mass is 16.3. The van der Waals surface area contributed by atoms with Gasteiger partial charge in [0.25, 0.3) is 0 Å². The maximum absolute atomic E-state index is 9.62. The first-order valence-corrected chi connectivity index (χ1v) is 6.54. The lowest BCUT2D eigenvalue weighted by Crippen LogP contribution is -1.93. The van der Waals surface area contributed by atoms with Gasteiger partial charge in [-0.05, 0) is 46.7 Å². The predicted molar refractivity (Wildman–Crippen MR) is 77.0 cm³/mol. The van der Waals surface area contributed by atoms with Crippen LogP contribution < -0.4 is 0 Å². The van der Waals surface area contributed by atoms with Gasteiger partial charge in [-0.2, -0.15) is 0 Å². The van der Waals surface area contributed by atoms with E-state index in [1.54, 1.807) is 6.07 Å². The number of hydrogen-bond acceptors (Lipinski definition) is 1. The van der Waals surface area contributed by atoms with Gasteiger partial charge in [-0.3, -0.25) is 0 Å². The topological polar surface area (TPSA) is 20.2 Å². The average Bonchev–Trinajstić information content (AvgIpc) is 2.38. The smallest absolute Gasteiger partial charge is 0.116 e. The van der Waals surface area contributed by atoms with Crippen LogP contribution in [0.5, 0.6) is 5.75 Å². The molecule has 94 valence electrons. The van der Waals surface area contributed by atoms with Gasteiger partial charge in [0.15, 0.2) is 0 Å². The quantitative estimate of drug-likeness (QED) is 0.821. The minimum absolute atomic E-state index is 0.324. The van der Waals surface area contributed by atoms with Crippen molar-refractivity contribution in [1.82, 2.24) is 0 Å². The second kappa shape index (κ2) is 5.26. The first kappa shape index (κ1) is 12.7. The molecule has 0 saturated carbocycles. The van der Waals surface area contributed by atoms with E-state index in [4.69, 9.17) is 0 Å². The Morgan fingerprint density at radius 2 is 1.83 bits per heavy atom. The molecule has 0 fully saturated rings. The van der Waals surface area contributed by atoms with Gasteiger partial charge >= 0.3 is 0 Å². The Labute approximate surface area is 109 Å². The molecule has 0 unspecified atom stereocenters. The normalized spacial score (nSPS) is 10.9. The molecule has 0 aliphatic rings. The molecule has 0 aromatic heterocycles. The lowest BCUT2D eigenvalue weighted by atomic mass is 9.92. The molecule has 2 rings (SSSR count). The number of aryl methyl sites for hydroxylation is 1. The maximum atomic E-state index is 9.62. The zero-order valence-corrected chi connectivity index (χ0v) is 11.3. The van der Waals surface area contributed by atoms with E-state index in [0.29, 0.717) is 11.7 Å². The third-order valence-corrected chi connectivity index (χ3v) is 3.34. The minimum Gasteiger partial charge on any atom is -0.508 e. The van der Waals surface area contributed by atoms with Gasteiger partial charge in [0.05, 0.1) is 0 Å². The van der Waals surface area contributed by atoms with Crippen LogP contribution in [0.1, 0.15) is 37.8 Å². The van der Waals surface area contributed by atoms with Crippen molar-refractivity contribution in [2.45, 2.75) is 33.1 Å². The summed E-state index contributed by atoms with van der Waals surface area (Å²) < 4.78 is 0. The third kappa shape index (κ3) is 2.56. The standard InChI is InChI=1S/C17H20O/c1-4-13-8-9-14(12(2)3)11-17(13)15-6-5-7-16(18)10-15/h5-12,18H,4H2,1-3H3. The SMILES string of the molecule is CCc1ccc(C(C)C)cc1-c1cccc(O)c1. The van der Waals surface area contributed by atoms with Gasteiger partial charge in [-0.15, -0.1) is 0 Å². The van der Waals surface area contributed by atoms with E-state index in [-0.39, 0.29) is 0 Å². The average molecular weight is 240 g/mol. The fourth-order valence-corrected chi connectivity index (χ4v) is 2.20. The second-order valence-corrected chi connectivity index (χ2v) is 4.98. The Morgan fingerprint density at radius 3 is 2.44 bits per heavy atom. The van der Waals surface area contributed by atoms with E-state index in [0.717, 1.165) is 12.0 Å². The molecular formula is C17H20O. The Hall–Kier alpha value is -1.76. The number of phenols is 1. The predicted octanol–water partition coefficient (Wildman–Crippen LogP) is 4.75. The highest BCUT2D eigenvalue weighted by Gasteiger charge is 2.07. The Kier molecular flexibility index (Phi) is 3.71. The highest BCUT2D eigenvalue weighted by Crippen LogP contribution is 2.30. The maximum Gasteiger partial charge on any atom is 0.116 e. The van der Waals surface area contributed by atoms with Gasteiger partial charge in [-0.1, -0.05) is 51.1 Å². The van der Waals surface area contributed by atoms with Gasteiger partial charge < -0.3 is 5.11 Å². The van der Waals surface area contributed by atoms with Crippen LogP contribution in [-0.2, 0) is 6.42 Å². The summed E-state index contributed by atoms with van der Waals surface area (Å²) in [5.74, 6) is 0.844. The van der Waals surface area contributed by atoms with Crippen LogP contribution in [-0.4, -0.2) is 5.11 Å². The van der Waals surface area contributed by atoms with Gasteiger partial charge in [0, 0.05) is 0 Å². The zero-order valence-electron chi connectivity index (χ0n) is 11.3. The first-order valence-electron chi connectivity index (χ1n) is 6.54. The number of benzene rings is 2. The van der Waals surface area contributed by atoms with Crippen molar-refractivity contribution in [1.29, 1.82) is 0 Å². The molecule has 1 nitrogen and oxygen atoms in total. The number of rotatable bonds is 3. The second-order valence-electron chi connectivity index (χ2n) is 4.98. The van der Waals surface area contributed by atoms with Crippen LogP contribution in [0.15, 0.2) is 42.5 Å². The van der Waals surface area contributed by atoms with Gasteiger partial charge in [-0.25, -0.2) is 0 Å². The van der Waals surface area contributed by atoms with E-state index < -0.39 is 0 Å². The molecule has 0 amide bonds. The molecule has 0 heterocycles. The number of hydrogen-bond donors (Lipinski definition) is 1. The Morgan fingerprint density at radius 1 is 1.06 bits per heavy atom. The fraction of sp³-hybridized carbons (Fsp3) is 0.294. The van der Waals surface area contributed by atoms with Crippen molar-refractivity contribution < 1.29 is 5.11 Å². The molecule has 0 radical (unpaired) electrons. The molecule has 18 heavy (non-hydrogen) atoms. The van der Waals surface area contributed by atoms with Crippen LogP contribution >= 0.6 is 0 Å². The van der Waals surface area contributed by atoms with Gasteiger partial charge in [0.2, 0.25) is 0 Å². The summed E-state index contributed by atoms with van der Waals surface area (Å²) in [4.78, 5) is 0. The molecule has 1 heteroatoms. The molecule has 2 aromatic rings. The molecule has 0 saturated heterocycles. The van der Waals surface area contributed by atoms with Crippen LogP contribution in [0.25, 0.3) is 11.1 Å². The lowest BCUT2D eigenvalue weighted by molar-refractivity contribution is 0.475. The molecule has 1 N–H and O–H groups in total. The van der Waals surface area contributed by atoms with Crippen molar-refractivity contribution in [2.24, 2.45) is 0 Å². The summed E-state index contributed by atoms with van der Waals surface area (Å²) in [7, 11) is 0. The van der Waals surface area contributed by atoms with Crippen LogP contribution in [0, 0.1) is 0 Å². The van der Waals surface area contributed by atoms with Crippen LogP contribution in [0.4, 0.5) is 0 Å². The summed E-state index contributed by atoms with van der Waals surface area (Å²) in [5, 5.41) is 9.62. The van der Waals surface area contributed by atoms with Crippen molar-refractivity contribution in [3.63, 3.8) is 0 Å². The van der Waals surface area contributed by atoms with E-state index >= 15 is 0 Å². The van der Waals surface area contributed by atoms with E-state index in [1.807, 2.05) is 12.1 Å². The summed E-state index contributed by atoms with van der Waals surface area (Å²) in [6.45, 7) is 6.57. The van der Waals surface area contributed by atoms with E-state index in [9.17, 15) is 5.11 Å². The van der Waals surface area contributed by atoms with Gasteiger partial charge in [0.1, 0.15) is 5.75 Å². The van der Waals surface area contributed by atoms with Crippen molar-refractivity contribution in [3.8, 4) is 16.9 Å². The van der Waals surface area contributed by atoms with Crippen molar-refractivity contribution >= 4 is 0 Å². The lowest BCUT2D eigenvalue weighted by Gasteiger charge is -2.13. The summed E-state index contributed by atoms with van der Waals surface area (Å²) in [5.41, 5.74) is 4.99. The first-order chi connectivity index (χ1) is 8.61. The molecule has 0 aliphatic heterocycles. The Bertz CT molecular complexity index is 541.